The molecule has 7 aromatic carbocycles. The molecule has 9 aromatic rings. The maximum absolute atomic E-state index is 7.04. The van der Waals surface area contributed by atoms with Crippen molar-refractivity contribution in [2.24, 2.45) is 0 Å². The average molecular weight is 821 g/mol. The average Bonchev–Trinajstić information content (AvgIpc) is 3.89. The highest BCUT2D eigenvalue weighted by Crippen LogP contribution is 2.64. The lowest BCUT2D eigenvalue weighted by Crippen LogP contribution is -2.70. The Morgan fingerprint density at radius 2 is 1.21 bits per heavy atom. The second kappa shape index (κ2) is 12.3. The van der Waals surface area contributed by atoms with Crippen LogP contribution in [0.15, 0.2) is 136 Å². The van der Waals surface area contributed by atoms with Gasteiger partial charge >= 0.3 is 6.85 Å². The van der Waals surface area contributed by atoms with Crippen LogP contribution >= 0.6 is 0 Å². The van der Waals surface area contributed by atoms with E-state index in [9.17, 15) is 0 Å². The van der Waals surface area contributed by atoms with E-state index in [-0.39, 0.29) is 28.6 Å². The molecule has 0 saturated heterocycles. The molecule has 4 nitrogen and oxygen atoms in total. The second-order valence-electron chi connectivity index (χ2n) is 21.6. The Morgan fingerprint density at radius 3 is 1.97 bits per heavy atom. The van der Waals surface area contributed by atoms with Gasteiger partial charge in [-0.3, -0.25) is 0 Å². The van der Waals surface area contributed by atoms with Crippen LogP contribution in [0.5, 0.6) is 0 Å². The zero-order chi connectivity index (χ0) is 42.9. The van der Waals surface area contributed by atoms with Gasteiger partial charge in [-0.25, -0.2) is 0 Å². The summed E-state index contributed by atoms with van der Waals surface area (Å²) in [5.74, 6) is 0. The number of hydrogen-bond acceptors (Lipinski definition) is 4. The van der Waals surface area contributed by atoms with Gasteiger partial charge < -0.3 is 18.5 Å². The summed E-state index contributed by atoms with van der Waals surface area (Å²) in [4.78, 5) is 5.57. The zero-order valence-corrected chi connectivity index (χ0v) is 37.7. The van der Waals surface area contributed by atoms with E-state index >= 15 is 0 Å². The fourth-order valence-corrected chi connectivity index (χ4v) is 12.6. The summed E-state index contributed by atoms with van der Waals surface area (Å²) in [6, 6.07) is 47.9. The van der Waals surface area contributed by atoms with Crippen molar-refractivity contribution >= 4 is 84.4 Å². The summed E-state index contributed by atoms with van der Waals surface area (Å²) in [5.41, 5.74) is 20.3. The number of para-hydroxylation sites is 2. The Kier molecular flexibility index (Phi) is 7.29. The predicted octanol–water partition coefficient (Wildman–Crippen LogP) is 14.7. The van der Waals surface area contributed by atoms with Crippen LogP contribution in [0.3, 0.4) is 0 Å². The van der Waals surface area contributed by atoms with Crippen molar-refractivity contribution in [2.45, 2.75) is 103 Å². The number of hydrogen-bond donors (Lipinski definition) is 0. The van der Waals surface area contributed by atoms with Gasteiger partial charge in [-0.1, -0.05) is 146 Å². The van der Waals surface area contributed by atoms with Crippen molar-refractivity contribution in [1.82, 2.24) is 0 Å². The monoisotopic (exact) mass is 820 g/mol. The van der Waals surface area contributed by atoms with Crippen LogP contribution in [0, 0.1) is 0 Å². The molecule has 1 aliphatic carbocycles. The van der Waals surface area contributed by atoms with E-state index in [4.69, 9.17) is 8.83 Å². The normalized spacial score (nSPS) is 20.2. The molecule has 2 aromatic heterocycles. The predicted molar refractivity (Wildman–Crippen MR) is 266 cm³/mol. The van der Waals surface area contributed by atoms with Crippen LogP contribution in [-0.2, 0) is 16.2 Å². The number of furan rings is 2. The molecule has 0 amide bonds. The van der Waals surface area contributed by atoms with Gasteiger partial charge in [0.25, 0.3) is 0 Å². The first-order valence-corrected chi connectivity index (χ1v) is 23.2. The van der Waals surface area contributed by atoms with Crippen molar-refractivity contribution in [3.05, 3.63) is 144 Å². The minimum atomic E-state index is -0.123. The molecule has 2 unspecified atom stereocenters. The van der Waals surface area contributed by atoms with Gasteiger partial charge in [-0.05, 0) is 106 Å². The van der Waals surface area contributed by atoms with Crippen molar-refractivity contribution < 1.29 is 8.83 Å². The second-order valence-corrected chi connectivity index (χ2v) is 21.6. The molecular formula is C58H53BN2O2. The molecule has 0 radical (unpaired) electrons. The summed E-state index contributed by atoms with van der Waals surface area (Å²) >= 11 is 0. The third-order valence-electron chi connectivity index (χ3n) is 16.1. The van der Waals surface area contributed by atoms with Crippen LogP contribution in [0.25, 0.3) is 66.1 Å². The van der Waals surface area contributed by atoms with E-state index in [1.807, 2.05) is 0 Å². The highest BCUT2D eigenvalue weighted by molar-refractivity contribution is 6.93. The highest BCUT2D eigenvalue weighted by atomic mass is 16.3. The Labute approximate surface area is 370 Å². The molecule has 0 spiro atoms. The molecule has 4 aliphatic rings. The lowest BCUT2D eigenvalue weighted by Gasteiger charge is -2.55. The summed E-state index contributed by atoms with van der Waals surface area (Å²) in [7, 11) is 0. The van der Waals surface area contributed by atoms with Gasteiger partial charge in [0.2, 0.25) is 0 Å². The van der Waals surface area contributed by atoms with E-state index in [2.05, 4.69) is 192 Å². The molecule has 310 valence electrons. The number of fused-ring (bicyclic) bond motifs is 14. The lowest BCUT2D eigenvalue weighted by molar-refractivity contribution is 0.199. The lowest BCUT2D eigenvalue weighted by atomic mass is 9.42. The quantitative estimate of drug-likeness (QED) is 0.163. The number of anilines is 4. The number of benzene rings is 7. The van der Waals surface area contributed by atoms with Crippen LogP contribution in [-0.4, -0.2) is 12.4 Å². The zero-order valence-electron chi connectivity index (χ0n) is 37.7. The van der Waals surface area contributed by atoms with Gasteiger partial charge in [-0.15, -0.1) is 0 Å². The summed E-state index contributed by atoms with van der Waals surface area (Å²) < 4.78 is 13.9. The molecule has 63 heavy (non-hydrogen) atoms. The molecule has 13 rings (SSSR count). The first-order chi connectivity index (χ1) is 30.2. The van der Waals surface area contributed by atoms with E-state index < -0.39 is 0 Å². The van der Waals surface area contributed by atoms with Crippen molar-refractivity contribution in [2.75, 3.05) is 9.71 Å². The molecule has 0 bridgehead atoms. The summed E-state index contributed by atoms with van der Waals surface area (Å²) in [6.45, 7) is 19.2. The van der Waals surface area contributed by atoms with E-state index in [0.29, 0.717) is 0 Å². The first-order valence-electron chi connectivity index (χ1n) is 23.2. The SMILES string of the molecule is CC(C)(C)c1ccc(N2c3cc4oc5ccccc5c4cc3B3c4c(cc5oc6ccccc6c5c42)-c2cc(C(C)(C)C)cc4c2N3C2(C)CCCCC42C)c(-c2ccccc2)c1. The van der Waals surface area contributed by atoms with Gasteiger partial charge in [0.15, 0.2) is 0 Å². The molecule has 5 heteroatoms. The topological polar surface area (TPSA) is 32.8 Å². The van der Waals surface area contributed by atoms with Crippen molar-refractivity contribution in [1.29, 1.82) is 0 Å². The molecule has 3 aliphatic heterocycles. The third kappa shape index (κ3) is 4.83. The minimum Gasteiger partial charge on any atom is -0.456 e. The maximum atomic E-state index is 7.04. The van der Waals surface area contributed by atoms with Gasteiger partial charge in [-0.2, -0.15) is 0 Å². The van der Waals surface area contributed by atoms with Gasteiger partial charge in [0.05, 0.1) is 16.8 Å². The van der Waals surface area contributed by atoms with Crippen molar-refractivity contribution in [3.63, 3.8) is 0 Å². The fourth-order valence-electron chi connectivity index (χ4n) is 12.6. The fraction of sp³-hybridized carbons (Fsp3) is 0.276. The molecule has 5 heterocycles. The standard InChI is InChI=1S/C58H53BN2O2/c1-55(2,3)35-24-25-45(39(28-35)34-18-10-9-11-19-34)60-46-33-49-40(37-20-12-14-22-47(37)62-49)31-44(46)59-52-41(32-50-51(54(52)60)38-21-13-15-23-48(38)63-50)42-29-36(56(4,5)6)30-43-53(42)61(59)58(8)27-17-16-26-57(43,58)7/h9-15,18-25,28-33H,16-17,26-27H2,1-8H3. The third-order valence-corrected chi connectivity index (χ3v) is 16.1. The van der Waals surface area contributed by atoms with E-state index in [1.165, 1.54) is 85.9 Å². The van der Waals surface area contributed by atoms with Gasteiger partial charge in [0, 0.05) is 55.7 Å². The first kappa shape index (κ1) is 37.4. The molecular weight excluding hydrogens is 767 g/mol. The van der Waals surface area contributed by atoms with Crippen molar-refractivity contribution in [3.8, 4) is 22.3 Å². The molecule has 1 fully saturated rings. The van der Waals surface area contributed by atoms with Gasteiger partial charge in [0.1, 0.15) is 22.3 Å². The van der Waals surface area contributed by atoms with E-state index in [1.54, 1.807) is 0 Å². The Hall–Kier alpha value is -6.20. The maximum Gasteiger partial charge on any atom is 0.328 e. The van der Waals surface area contributed by atoms with E-state index in [0.717, 1.165) is 56.3 Å². The minimum absolute atomic E-state index is 0.0301. The Bertz CT molecular complexity index is 3430. The summed E-state index contributed by atoms with van der Waals surface area (Å²) in [6.07, 6.45) is 4.78. The summed E-state index contributed by atoms with van der Waals surface area (Å²) in [5, 5.41) is 4.63. The molecule has 0 N–H and O–H groups in total. The largest absolute Gasteiger partial charge is 0.456 e. The Balaban J connectivity index is 1.25. The number of rotatable bonds is 2. The van der Waals surface area contributed by atoms with Crippen LogP contribution in [0.2, 0.25) is 0 Å². The van der Waals surface area contributed by atoms with Crippen LogP contribution < -0.4 is 20.6 Å². The Morgan fingerprint density at radius 1 is 0.540 bits per heavy atom. The number of nitrogens with zero attached hydrogens (tertiary/aromatic N) is 2. The molecule has 2 atom stereocenters. The van der Waals surface area contributed by atoms with Crippen LogP contribution in [0.1, 0.15) is 97.8 Å². The smallest absolute Gasteiger partial charge is 0.328 e. The molecule has 1 saturated carbocycles. The van der Waals surface area contributed by atoms with Crippen LogP contribution in [0.4, 0.5) is 22.7 Å². The highest BCUT2D eigenvalue weighted by Gasteiger charge is 2.63.